The third-order valence-corrected chi connectivity index (χ3v) is 5.85. The van der Waals surface area contributed by atoms with Gasteiger partial charge in [0.2, 0.25) is 5.91 Å². The van der Waals surface area contributed by atoms with E-state index in [0.29, 0.717) is 17.7 Å². The molecule has 0 spiro atoms. The molecule has 0 saturated heterocycles. The van der Waals surface area contributed by atoms with Crippen molar-refractivity contribution in [1.82, 2.24) is 14.8 Å². The van der Waals surface area contributed by atoms with Crippen LogP contribution in [0.5, 0.6) is 5.75 Å². The van der Waals surface area contributed by atoms with Crippen LogP contribution in [0.1, 0.15) is 27.3 Å². The number of benzene rings is 3. The largest absolute Gasteiger partial charge is 0.497 e. The van der Waals surface area contributed by atoms with Crippen LogP contribution < -0.4 is 10.5 Å². The number of ether oxygens (including phenoxy) is 1. The average molecular weight is 431 g/mol. The molecule has 4 rings (SSSR count). The minimum Gasteiger partial charge on any atom is -0.497 e. The summed E-state index contributed by atoms with van der Waals surface area (Å²) in [5.41, 5.74) is 9.02. The van der Waals surface area contributed by atoms with Gasteiger partial charge < -0.3 is 10.5 Å². The Labute approximate surface area is 185 Å². The van der Waals surface area contributed by atoms with Crippen LogP contribution in [0.15, 0.2) is 84.0 Å². The molecule has 3 aromatic carbocycles. The van der Waals surface area contributed by atoms with Gasteiger partial charge in [-0.25, -0.2) is 0 Å². The average Bonchev–Trinajstić information content (AvgIpc) is 3.20. The molecule has 1 heterocycles. The molecule has 6 nitrogen and oxygen atoms in total. The summed E-state index contributed by atoms with van der Waals surface area (Å²) >= 11 is 1.52. The normalized spacial score (nSPS) is 10.7. The van der Waals surface area contributed by atoms with E-state index in [1.165, 1.54) is 11.8 Å². The molecule has 0 fully saturated rings. The molecule has 0 unspecified atom stereocenters. The van der Waals surface area contributed by atoms with Crippen molar-refractivity contribution >= 4 is 17.7 Å². The molecular formula is C24H22N4O2S. The number of nitrogens with zero attached hydrogens (tertiary/aromatic N) is 3. The molecule has 2 N–H and O–H groups in total. The van der Waals surface area contributed by atoms with Gasteiger partial charge in [-0.05, 0) is 41.5 Å². The minimum atomic E-state index is -0.433. The van der Waals surface area contributed by atoms with Crippen molar-refractivity contribution < 1.29 is 9.53 Å². The monoisotopic (exact) mass is 430 g/mol. The van der Waals surface area contributed by atoms with E-state index in [1.807, 2.05) is 65.2 Å². The lowest BCUT2D eigenvalue weighted by atomic mass is 10.1. The van der Waals surface area contributed by atoms with E-state index in [-0.39, 0.29) is 0 Å². The number of hydrogen-bond donors (Lipinski definition) is 1. The highest BCUT2D eigenvalue weighted by atomic mass is 32.2. The van der Waals surface area contributed by atoms with Gasteiger partial charge in [0, 0.05) is 23.4 Å². The number of primary amides is 1. The molecule has 0 radical (unpaired) electrons. The van der Waals surface area contributed by atoms with Crippen molar-refractivity contribution in [2.45, 2.75) is 17.3 Å². The Balaban J connectivity index is 1.68. The Kier molecular flexibility index (Phi) is 6.33. The Bertz CT molecular complexity index is 1170. The summed E-state index contributed by atoms with van der Waals surface area (Å²) in [6.45, 7) is 0. The lowest BCUT2D eigenvalue weighted by molar-refractivity contribution is 0.0999. The number of carbonyl (C=O) groups excluding carboxylic acids is 1. The van der Waals surface area contributed by atoms with Crippen LogP contribution in [0.3, 0.4) is 0 Å². The molecule has 4 aromatic rings. The molecule has 0 saturated carbocycles. The first-order chi connectivity index (χ1) is 15.2. The number of thioether (sulfide) groups is 1. The summed E-state index contributed by atoms with van der Waals surface area (Å²) in [5, 5.41) is 9.66. The van der Waals surface area contributed by atoms with Crippen LogP contribution in [0.4, 0.5) is 0 Å². The zero-order valence-corrected chi connectivity index (χ0v) is 17.9. The zero-order chi connectivity index (χ0) is 21.6. The Morgan fingerprint density at radius 1 is 0.968 bits per heavy atom. The van der Waals surface area contributed by atoms with E-state index >= 15 is 0 Å². The summed E-state index contributed by atoms with van der Waals surface area (Å²) in [5.74, 6) is 1.74. The fraction of sp³-hybridized carbons (Fsp3) is 0.125. The number of hydrogen-bond acceptors (Lipinski definition) is 5. The first-order valence-electron chi connectivity index (χ1n) is 9.79. The lowest BCUT2D eigenvalue weighted by Crippen LogP contribution is -2.13. The van der Waals surface area contributed by atoms with Crippen molar-refractivity contribution in [2.24, 2.45) is 5.73 Å². The van der Waals surface area contributed by atoms with E-state index < -0.39 is 5.91 Å². The Morgan fingerprint density at radius 3 is 2.39 bits per heavy atom. The second-order valence-electron chi connectivity index (χ2n) is 6.90. The van der Waals surface area contributed by atoms with Gasteiger partial charge in [0.15, 0.2) is 5.16 Å². The maximum Gasteiger partial charge on any atom is 0.249 e. The predicted molar refractivity (Wildman–Crippen MR) is 122 cm³/mol. The van der Waals surface area contributed by atoms with Gasteiger partial charge in [-0.15, -0.1) is 10.2 Å². The lowest BCUT2D eigenvalue weighted by Gasteiger charge is -2.12. The third kappa shape index (κ3) is 4.78. The van der Waals surface area contributed by atoms with Gasteiger partial charge in [-0.1, -0.05) is 60.3 Å². The van der Waals surface area contributed by atoms with E-state index in [9.17, 15) is 4.79 Å². The smallest absolute Gasteiger partial charge is 0.249 e. The topological polar surface area (TPSA) is 83.0 Å². The van der Waals surface area contributed by atoms with Gasteiger partial charge in [0.1, 0.15) is 11.6 Å². The number of amides is 1. The van der Waals surface area contributed by atoms with Crippen LogP contribution in [0.25, 0.3) is 5.69 Å². The summed E-state index contributed by atoms with van der Waals surface area (Å²) in [4.78, 5) is 11.8. The maximum atomic E-state index is 11.8. The number of aromatic nitrogens is 3. The fourth-order valence-electron chi connectivity index (χ4n) is 3.31. The third-order valence-electron chi connectivity index (χ3n) is 4.88. The number of methoxy groups -OCH3 is 1. The number of carbonyl (C=O) groups is 1. The molecule has 1 amide bonds. The van der Waals surface area contributed by atoms with Gasteiger partial charge >= 0.3 is 0 Å². The van der Waals surface area contributed by atoms with Crippen LogP contribution in [0.2, 0.25) is 0 Å². The number of rotatable bonds is 8. The molecule has 0 aliphatic heterocycles. The summed E-state index contributed by atoms with van der Waals surface area (Å²) in [6, 6.07) is 25.3. The Hall–Kier alpha value is -3.58. The molecule has 0 atom stereocenters. The first-order valence-corrected chi connectivity index (χ1v) is 10.8. The second kappa shape index (κ2) is 9.49. The molecular weight excluding hydrogens is 408 g/mol. The summed E-state index contributed by atoms with van der Waals surface area (Å²) in [7, 11) is 1.64. The van der Waals surface area contributed by atoms with E-state index in [1.54, 1.807) is 13.2 Å². The van der Waals surface area contributed by atoms with E-state index in [0.717, 1.165) is 33.5 Å². The van der Waals surface area contributed by atoms with Crippen molar-refractivity contribution in [3.63, 3.8) is 0 Å². The highest BCUT2D eigenvalue weighted by Gasteiger charge is 2.16. The van der Waals surface area contributed by atoms with Gasteiger partial charge in [0.05, 0.1) is 7.11 Å². The fourth-order valence-corrected chi connectivity index (χ4v) is 4.28. The minimum absolute atomic E-state index is 0.433. The first kappa shape index (κ1) is 20.7. The molecule has 0 aliphatic carbocycles. The Morgan fingerprint density at radius 2 is 1.68 bits per heavy atom. The van der Waals surface area contributed by atoms with Gasteiger partial charge in [0.25, 0.3) is 0 Å². The molecule has 31 heavy (non-hydrogen) atoms. The zero-order valence-electron chi connectivity index (χ0n) is 17.1. The summed E-state index contributed by atoms with van der Waals surface area (Å²) < 4.78 is 7.34. The van der Waals surface area contributed by atoms with Crippen molar-refractivity contribution in [1.29, 1.82) is 0 Å². The quantitative estimate of drug-likeness (QED) is 0.422. The van der Waals surface area contributed by atoms with Gasteiger partial charge in [-0.2, -0.15) is 0 Å². The molecule has 0 aliphatic rings. The number of nitrogens with two attached hydrogens (primary N) is 1. The van der Waals surface area contributed by atoms with Crippen LogP contribution in [0, 0.1) is 0 Å². The molecule has 7 heteroatoms. The SMILES string of the molecule is COc1ccc(-n2c(Cc3ccccc3)nnc2SCc2ccccc2C(N)=O)cc1. The maximum absolute atomic E-state index is 11.8. The van der Waals surface area contributed by atoms with Crippen molar-refractivity contribution in [3.05, 3.63) is 101 Å². The highest BCUT2D eigenvalue weighted by Crippen LogP contribution is 2.28. The molecule has 156 valence electrons. The van der Waals surface area contributed by atoms with E-state index in [4.69, 9.17) is 10.5 Å². The molecule has 1 aromatic heterocycles. The highest BCUT2D eigenvalue weighted by molar-refractivity contribution is 7.98. The van der Waals surface area contributed by atoms with Crippen molar-refractivity contribution in [3.8, 4) is 11.4 Å². The van der Waals surface area contributed by atoms with Crippen molar-refractivity contribution in [2.75, 3.05) is 7.11 Å². The summed E-state index contributed by atoms with van der Waals surface area (Å²) in [6.07, 6.45) is 0.651. The van der Waals surface area contributed by atoms with Crippen LogP contribution in [-0.2, 0) is 12.2 Å². The molecule has 0 bridgehead atoms. The van der Waals surface area contributed by atoms with Crippen LogP contribution >= 0.6 is 11.8 Å². The van der Waals surface area contributed by atoms with Gasteiger partial charge in [-0.3, -0.25) is 9.36 Å². The standard InChI is InChI=1S/C24H22N4O2S/c1-30-20-13-11-19(12-14-20)28-22(15-17-7-3-2-4-8-17)26-27-24(28)31-16-18-9-5-6-10-21(18)23(25)29/h2-14H,15-16H2,1H3,(H2,25,29). The van der Waals surface area contributed by atoms with E-state index in [2.05, 4.69) is 22.3 Å². The predicted octanol–water partition coefficient (Wildman–Crippen LogP) is 4.26. The second-order valence-corrected chi connectivity index (χ2v) is 7.85. The van der Waals surface area contributed by atoms with Crippen LogP contribution in [-0.4, -0.2) is 27.8 Å².